The van der Waals surface area contributed by atoms with E-state index in [9.17, 15) is 17.6 Å². The highest BCUT2D eigenvalue weighted by Crippen LogP contribution is 2.39. The van der Waals surface area contributed by atoms with Crippen LogP contribution in [-0.4, -0.2) is 64.6 Å². The zero-order chi connectivity index (χ0) is 29.8. The Hall–Kier alpha value is -3.84. The van der Waals surface area contributed by atoms with Crippen LogP contribution in [0.15, 0.2) is 36.7 Å². The molecule has 222 valence electrons. The molecule has 0 spiro atoms. The van der Waals surface area contributed by atoms with E-state index in [1.54, 1.807) is 23.0 Å². The Morgan fingerprint density at radius 2 is 1.98 bits per heavy atom. The van der Waals surface area contributed by atoms with Crippen molar-refractivity contribution in [2.75, 3.05) is 29.5 Å². The summed E-state index contributed by atoms with van der Waals surface area (Å²) in [6.45, 7) is 2.52. The number of benzene rings is 1. The first-order chi connectivity index (χ1) is 20.0. The molecule has 2 fully saturated rings. The van der Waals surface area contributed by atoms with Gasteiger partial charge in [0.15, 0.2) is 5.65 Å². The molecular formula is C29H34FN7O4S. The summed E-state index contributed by atoms with van der Waals surface area (Å²) in [6, 6.07) is 7.23. The van der Waals surface area contributed by atoms with Crippen LogP contribution in [0.1, 0.15) is 43.4 Å². The van der Waals surface area contributed by atoms with Gasteiger partial charge in [0.05, 0.1) is 41.1 Å². The standard InChI is InChI=1S/C29H34FN7O4S/c1-17-32-28-24(34-23-9-8-18(19-15-31-35(2)16-19)11-25(23)36(3)42(4,39)40)12-20(13-26(38)21-14-22(21)30)33-29(28)37(17)27-7-5-6-10-41-27/h8-9,11-12,15-16,21-22,27H,5-7,10,13-14H2,1-4H3,(H,33,34)/t21?,22-,27?/m0/s1. The number of rotatable bonds is 9. The van der Waals surface area contributed by atoms with E-state index < -0.39 is 22.1 Å². The zero-order valence-electron chi connectivity index (χ0n) is 24.0. The predicted molar refractivity (Wildman–Crippen MR) is 158 cm³/mol. The minimum Gasteiger partial charge on any atom is -0.358 e. The molecule has 1 aliphatic heterocycles. The Morgan fingerprint density at radius 1 is 1.19 bits per heavy atom. The third kappa shape index (κ3) is 5.50. The van der Waals surface area contributed by atoms with Gasteiger partial charge in [0.1, 0.15) is 29.5 Å². The van der Waals surface area contributed by atoms with E-state index in [0.717, 1.165) is 36.6 Å². The van der Waals surface area contributed by atoms with Gasteiger partial charge in [0.25, 0.3) is 0 Å². The topological polar surface area (TPSA) is 124 Å². The van der Waals surface area contributed by atoms with Crippen LogP contribution in [0.4, 0.5) is 21.5 Å². The quantitative estimate of drug-likeness (QED) is 0.301. The fourth-order valence-corrected chi connectivity index (χ4v) is 5.97. The number of nitrogens with zero attached hydrogens (tertiary/aromatic N) is 6. The molecule has 0 amide bonds. The molecule has 1 saturated carbocycles. The molecule has 1 saturated heterocycles. The second kappa shape index (κ2) is 10.8. The molecule has 2 aliphatic rings. The predicted octanol–water partition coefficient (Wildman–Crippen LogP) is 4.45. The van der Waals surface area contributed by atoms with Gasteiger partial charge in [-0.2, -0.15) is 5.10 Å². The Morgan fingerprint density at radius 3 is 2.62 bits per heavy atom. The summed E-state index contributed by atoms with van der Waals surface area (Å²) < 4.78 is 49.9. The zero-order valence-corrected chi connectivity index (χ0v) is 24.9. The second-order valence-corrected chi connectivity index (χ2v) is 13.2. The summed E-state index contributed by atoms with van der Waals surface area (Å²) in [7, 11) is -0.299. The van der Waals surface area contributed by atoms with Gasteiger partial charge in [0, 0.05) is 38.9 Å². The molecule has 42 heavy (non-hydrogen) atoms. The van der Waals surface area contributed by atoms with Crippen LogP contribution < -0.4 is 9.62 Å². The molecule has 3 aromatic heterocycles. The van der Waals surface area contributed by atoms with E-state index in [4.69, 9.17) is 14.7 Å². The van der Waals surface area contributed by atoms with Gasteiger partial charge in [-0.15, -0.1) is 0 Å². The number of imidazole rings is 1. The van der Waals surface area contributed by atoms with E-state index in [-0.39, 0.29) is 24.9 Å². The average Bonchev–Trinajstić information content (AvgIpc) is 3.36. The molecule has 0 radical (unpaired) electrons. The first-order valence-electron chi connectivity index (χ1n) is 14.0. The molecule has 4 heterocycles. The molecule has 13 heteroatoms. The Balaban J connectivity index is 1.46. The van der Waals surface area contributed by atoms with Gasteiger partial charge < -0.3 is 10.1 Å². The van der Waals surface area contributed by atoms with Crippen molar-refractivity contribution in [3.8, 4) is 11.1 Å². The highest BCUT2D eigenvalue weighted by molar-refractivity contribution is 7.92. The second-order valence-electron chi connectivity index (χ2n) is 11.2. The maximum absolute atomic E-state index is 13.7. The molecule has 1 aliphatic carbocycles. The van der Waals surface area contributed by atoms with Gasteiger partial charge in [-0.05, 0) is 56.4 Å². The first-order valence-corrected chi connectivity index (χ1v) is 15.9. The van der Waals surface area contributed by atoms with Crippen molar-refractivity contribution in [3.63, 3.8) is 0 Å². The summed E-state index contributed by atoms with van der Waals surface area (Å²) in [5.41, 5.74) is 4.75. The summed E-state index contributed by atoms with van der Waals surface area (Å²) in [5, 5.41) is 7.63. The van der Waals surface area contributed by atoms with Gasteiger partial charge in [0.2, 0.25) is 10.0 Å². The van der Waals surface area contributed by atoms with Crippen LogP contribution in [0.5, 0.6) is 0 Å². The van der Waals surface area contributed by atoms with Gasteiger partial charge >= 0.3 is 0 Å². The molecule has 1 aromatic carbocycles. The minimum atomic E-state index is -3.61. The normalized spacial score (nSPS) is 20.5. The van der Waals surface area contributed by atoms with E-state index in [1.807, 2.05) is 36.9 Å². The van der Waals surface area contributed by atoms with E-state index >= 15 is 0 Å². The number of carbonyl (C=O) groups excluding carboxylic acids is 1. The lowest BCUT2D eigenvalue weighted by Gasteiger charge is -2.25. The number of aryl methyl sites for hydroxylation is 2. The van der Waals surface area contributed by atoms with Crippen LogP contribution in [-0.2, 0) is 33.0 Å². The summed E-state index contributed by atoms with van der Waals surface area (Å²) in [4.78, 5) is 22.4. The van der Waals surface area contributed by atoms with E-state index in [2.05, 4.69) is 10.4 Å². The van der Waals surface area contributed by atoms with Crippen molar-refractivity contribution < 1.29 is 22.3 Å². The van der Waals surface area contributed by atoms with E-state index in [1.165, 1.54) is 11.4 Å². The number of pyridine rings is 1. The highest BCUT2D eigenvalue weighted by atomic mass is 32.2. The molecule has 4 aromatic rings. The van der Waals surface area contributed by atoms with Crippen LogP contribution in [0, 0.1) is 12.8 Å². The number of carbonyl (C=O) groups is 1. The smallest absolute Gasteiger partial charge is 0.232 e. The van der Waals surface area contributed by atoms with Gasteiger partial charge in [-0.25, -0.2) is 22.8 Å². The Labute approximate surface area is 243 Å². The number of aromatic nitrogens is 5. The van der Waals surface area contributed by atoms with Crippen LogP contribution in [0.2, 0.25) is 0 Å². The van der Waals surface area contributed by atoms with Crippen LogP contribution in [0.25, 0.3) is 22.3 Å². The monoisotopic (exact) mass is 595 g/mol. The van der Waals surface area contributed by atoms with Crippen molar-refractivity contribution in [1.82, 2.24) is 24.3 Å². The fourth-order valence-electron chi connectivity index (χ4n) is 5.46. The van der Waals surface area contributed by atoms with Crippen LogP contribution in [0.3, 0.4) is 0 Å². The highest BCUT2D eigenvalue weighted by Gasteiger charge is 2.43. The third-order valence-electron chi connectivity index (χ3n) is 7.94. The molecule has 3 atom stereocenters. The number of ketones is 1. The maximum atomic E-state index is 13.7. The lowest BCUT2D eigenvalue weighted by molar-refractivity contribution is -0.120. The number of nitrogens with one attached hydrogen (secondary N) is 1. The average molecular weight is 596 g/mol. The van der Waals surface area contributed by atoms with Crippen molar-refractivity contribution in [2.45, 2.75) is 51.4 Å². The summed E-state index contributed by atoms with van der Waals surface area (Å²) in [6.07, 6.45) is 6.44. The minimum absolute atomic E-state index is 0.0124. The Kier molecular flexibility index (Phi) is 7.26. The molecule has 2 unspecified atom stereocenters. The third-order valence-corrected chi connectivity index (χ3v) is 9.14. The molecule has 11 nitrogen and oxygen atoms in total. The Bertz CT molecular complexity index is 1780. The SMILES string of the molecule is Cc1nc2c(Nc3ccc(-c4cnn(C)c4)cc3N(C)S(C)(=O)=O)cc(CC(=O)C3C[C@@H]3F)nc2n1C1CCCCO1. The van der Waals surface area contributed by atoms with Crippen molar-refractivity contribution in [1.29, 1.82) is 0 Å². The maximum Gasteiger partial charge on any atom is 0.232 e. The van der Waals surface area contributed by atoms with E-state index in [0.29, 0.717) is 46.4 Å². The lowest BCUT2D eigenvalue weighted by Crippen LogP contribution is -2.25. The lowest BCUT2D eigenvalue weighted by atomic mass is 10.1. The number of ether oxygens (including phenoxy) is 1. The fraction of sp³-hybridized carbons (Fsp3) is 0.448. The number of hydrogen-bond donors (Lipinski definition) is 1. The summed E-state index contributed by atoms with van der Waals surface area (Å²) in [5.74, 6) is -0.0556. The number of hydrogen-bond acceptors (Lipinski definition) is 8. The van der Waals surface area contributed by atoms with Crippen molar-refractivity contribution in [3.05, 3.63) is 48.2 Å². The van der Waals surface area contributed by atoms with Gasteiger partial charge in [-0.1, -0.05) is 6.07 Å². The largest absolute Gasteiger partial charge is 0.358 e. The number of fused-ring (bicyclic) bond motifs is 1. The van der Waals surface area contributed by atoms with Crippen molar-refractivity contribution in [2.24, 2.45) is 13.0 Å². The number of halogens is 1. The number of Topliss-reactive ketones (excluding diaryl/α,β-unsaturated/α-hetero) is 1. The number of anilines is 3. The molecule has 1 N–H and O–H groups in total. The number of sulfonamides is 1. The molecule has 6 rings (SSSR count). The van der Waals surface area contributed by atoms with Gasteiger partial charge in [-0.3, -0.25) is 18.3 Å². The first kappa shape index (κ1) is 28.3. The van der Waals surface area contributed by atoms with Crippen LogP contribution >= 0.6 is 0 Å². The summed E-state index contributed by atoms with van der Waals surface area (Å²) >= 11 is 0. The number of alkyl halides is 1. The van der Waals surface area contributed by atoms with Crippen molar-refractivity contribution >= 4 is 44.0 Å². The molecule has 0 bridgehead atoms. The molecular weight excluding hydrogens is 561 g/mol.